The van der Waals surface area contributed by atoms with Crippen LogP contribution in [0.25, 0.3) is 11.3 Å². The Kier molecular flexibility index (Phi) is 3.69. The van der Waals surface area contributed by atoms with Gasteiger partial charge in [-0.15, -0.1) is 0 Å². The Morgan fingerprint density at radius 1 is 1.04 bits per heavy atom. The van der Waals surface area contributed by atoms with E-state index in [0.717, 1.165) is 17.5 Å². The fourth-order valence-electron chi connectivity index (χ4n) is 2.89. The number of aromatic nitrogens is 1. The van der Waals surface area contributed by atoms with Gasteiger partial charge in [-0.05, 0) is 19.8 Å². The second-order valence-electron chi connectivity index (χ2n) is 5.31. The number of hydrogen-bond donors (Lipinski definition) is 2. The van der Waals surface area contributed by atoms with Gasteiger partial charge < -0.3 is 24.3 Å². The third kappa shape index (κ3) is 2.73. The van der Waals surface area contributed by atoms with Crippen LogP contribution in [0.3, 0.4) is 0 Å². The molecular formula is C16H15NO6. The van der Waals surface area contributed by atoms with E-state index < -0.39 is 12.3 Å². The van der Waals surface area contributed by atoms with Crippen molar-refractivity contribution in [2.75, 3.05) is 0 Å². The lowest BCUT2D eigenvalue weighted by Gasteiger charge is -2.09. The zero-order valence-corrected chi connectivity index (χ0v) is 12.4. The molecule has 7 heteroatoms. The monoisotopic (exact) mass is 317 g/mol. The Morgan fingerprint density at radius 2 is 1.65 bits per heavy atom. The molecule has 2 heterocycles. The molecule has 0 fully saturated rings. The second-order valence-corrected chi connectivity index (χ2v) is 5.31. The summed E-state index contributed by atoms with van der Waals surface area (Å²) in [6.45, 7) is 2.59. The lowest BCUT2D eigenvalue weighted by molar-refractivity contribution is 0.133. The Hall–Kier alpha value is -2.96. The van der Waals surface area contributed by atoms with Gasteiger partial charge in [-0.1, -0.05) is 29.8 Å². The van der Waals surface area contributed by atoms with E-state index in [1.165, 1.54) is 0 Å². The highest BCUT2D eigenvalue weighted by Gasteiger charge is 2.32. The number of rotatable bonds is 3. The lowest BCUT2D eigenvalue weighted by Crippen LogP contribution is -2.08. The minimum absolute atomic E-state index is 0.0343. The maximum Gasteiger partial charge on any atom is 0.511 e. The second kappa shape index (κ2) is 5.68. The molecule has 1 aliphatic rings. The molecule has 23 heavy (non-hydrogen) atoms. The highest BCUT2D eigenvalue weighted by Crippen LogP contribution is 2.46. The quantitative estimate of drug-likeness (QED) is 0.840. The normalized spacial score (nSPS) is 12.7. The van der Waals surface area contributed by atoms with Gasteiger partial charge in [0.15, 0.2) is 5.75 Å². The Labute approximate surface area is 131 Å². The summed E-state index contributed by atoms with van der Waals surface area (Å²) in [4.78, 5) is 22.0. The van der Waals surface area contributed by atoms with Crippen LogP contribution in [-0.2, 0) is 13.0 Å². The third-order valence-electron chi connectivity index (χ3n) is 3.78. The number of nitrogens with zero attached hydrogens (tertiary/aromatic N) is 1. The molecule has 0 radical (unpaired) electrons. The molecule has 7 nitrogen and oxygen atoms in total. The van der Waals surface area contributed by atoms with E-state index >= 15 is 0 Å². The summed E-state index contributed by atoms with van der Waals surface area (Å²) < 4.78 is 11.6. The maximum atomic E-state index is 11.0. The predicted molar refractivity (Wildman–Crippen MR) is 80.2 cm³/mol. The van der Waals surface area contributed by atoms with Crippen LogP contribution < -0.4 is 9.47 Å². The van der Waals surface area contributed by atoms with Crippen molar-refractivity contribution < 1.29 is 29.3 Å². The molecule has 2 aromatic rings. The first-order valence-electron chi connectivity index (χ1n) is 7.11. The lowest BCUT2D eigenvalue weighted by atomic mass is 10.1. The molecule has 0 amide bonds. The van der Waals surface area contributed by atoms with Crippen molar-refractivity contribution in [2.45, 2.75) is 26.3 Å². The molecule has 1 aromatic carbocycles. The van der Waals surface area contributed by atoms with Crippen LogP contribution in [-0.4, -0.2) is 27.1 Å². The standard InChI is InChI=1S/C16H15NO6/c1-9-4-6-10(7-5-9)12-14(23-16(20)21)13(22-15(18)19)11-3-2-8-17(11)12/h4-7H,2-3,8H2,1H3,(H,18,19)(H,20,21). The Morgan fingerprint density at radius 3 is 2.26 bits per heavy atom. The van der Waals surface area contributed by atoms with E-state index in [-0.39, 0.29) is 11.5 Å². The van der Waals surface area contributed by atoms with Crippen LogP contribution in [0.15, 0.2) is 24.3 Å². The third-order valence-corrected chi connectivity index (χ3v) is 3.78. The summed E-state index contributed by atoms with van der Waals surface area (Å²) >= 11 is 0. The molecule has 1 aromatic heterocycles. The Balaban J connectivity index is 2.22. The molecule has 3 rings (SSSR count). The highest BCUT2D eigenvalue weighted by molar-refractivity contribution is 5.80. The summed E-state index contributed by atoms with van der Waals surface area (Å²) in [6, 6.07) is 7.48. The van der Waals surface area contributed by atoms with Crippen LogP contribution in [0.4, 0.5) is 9.59 Å². The molecule has 0 unspecified atom stereocenters. The van der Waals surface area contributed by atoms with Gasteiger partial charge in [0.2, 0.25) is 5.75 Å². The fourth-order valence-corrected chi connectivity index (χ4v) is 2.89. The van der Waals surface area contributed by atoms with Gasteiger partial charge in [-0.2, -0.15) is 0 Å². The summed E-state index contributed by atoms with van der Waals surface area (Å²) in [5.41, 5.74) is 2.97. The topological polar surface area (TPSA) is 98.0 Å². The molecule has 1 aliphatic heterocycles. The zero-order chi connectivity index (χ0) is 16.6. The maximum absolute atomic E-state index is 11.0. The van der Waals surface area contributed by atoms with Crippen molar-refractivity contribution in [3.05, 3.63) is 35.5 Å². The summed E-state index contributed by atoms with van der Waals surface area (Å²) in [5, 5.41) is 17.9. The molecule has 0 spiro atoms. The van der Waals surface area contributed by atoms with E-state index in [4.69, 9.17) is 19.7 Å². The number of hydrogen-bond acceptors (Lipinski definition) is 4. The first kappa shape index (κ1) is 15.0. The number of benzene rings is 1. The first-order valence-corrected chi connectivity index (χ1v) is 7.11. The van der Waals surface area contributed by atoms with Crippen molar-refractivity contribution >= 4 is 12.3 Å². The van der Waals surface area contributed by atoms with Gasteiger partial charge in [0.25, 0.3) is 0 Å². The van der Waals surface area contributed by atoms with Gasteiger partial charge >= 0.3 is 12.3 Å². The van der Waals surface area contributed by atoms with E-state index in [9.17, 15) is 9.59 Å². The average molecular weight is 317 g/mol. The van der Waals surface area contributed by atoms with Gasteiger partial charge in [0.05, 0.1) is 11.4 Å². The summed E-state index contributed by atoms with van der Waals surface area (Å²) in [6.07, 6.45) is -1.59. The van der Waals surface area contributed by atoms with Gasteiger partial charge in [-0.3, -0.25) is 0 Å². The first-order chi connectivity index (χ1) is 11.0. The Bertz CT molecular complexity index is 775. The fraction of sp³-hybridized carbons (Fsp3) is 0.250. The molecule has 120 valence electrons. The number of ether oxygens (including phenoxy) is 2. The molecule has 0 saturated heterocycles. The number of carboxylic acid groups (broad SMARTS) is 2. The number of carbonyl (C=O) groups is 2. The molecule has 0 atom stereocenters. The van der Waals surface area contributed by atoms with E-state index in [1.807, 2.05) is 35.8 Å². The van der Waals surface area contributed by atoms with E-state index in [2.05, 4.69) is 0 Å². The molecule has 0 saturated carbocycles. The molecular weight excluding hydrogens is 302 g/mol. The molecule has 0 aliphatic carbocycles. The predicted octanol–water partition coefficient (Wildman–Crippen LogP) is 3.52. The summed E-state index contributed by atoms with van der Waals surface area (Å²) in [5.74, 6) is -0.105. The molecule has 2 N–H and O–H groups in total. The smallest absolute Gasteiger partial charge is 0.449 e. The van der Waals surface area contributed by atoms with Gasteiger partial charge in [0, 0.05) is 12.1 Å². The SMILES string of the molecule is Cc1ccc(-c2c(OC(=O)O)c(OC(=O)O)c3n2CCC3)cc1. The largest absolute Gasteiger partial charge is 0.511 e. The van der Waals surface area contributed by atoms with Crippen LogP contribution in [0, 0.1) is 6.92 Å². The van der Waals surface area contributed by atoms with Crippen molar-refractivity contribution in [2.24, 2.45) is 0 Å². The van der Waals surface area contributed by atoms with Gasteiger partial charge in [-0.25, -0.2) is 9.59 Å². The molecule has 0 bridgehead atoms. The zero-order valence-electron chi connectivity index (χ0n) is 12.4. The van der Waals surface area contributed by atoms with Crippen LogP contribution in [0.1, 0.15) is 17.7 Å². The van der Waals surface area contributed by atoms with Crippen LogP contribution >= 0.6 is 0 Å². The van der Waals surface area contributed by atoms with Crippen molar-refractivity contribution in [3.8, 4) is 22.8 Å². The van der Waals surface area contributed by atoms with Crippen molar-refractivity contribution in [1.82, 2.24) is 4.57 Å². The van der Waals surface area contributed by atoms with Gasteiger partial charge in [0.1, 0.15) is 0 Å². The average Bonchev–Trinajstić information content (AvgIpc) is 3.03. The van der Waals surface area contributed by atoms with E-state index in [1.54, 1.807) is 0 Å². The van der Waals surface area contributed by atoms with E-state index in [0.29, 0.717) is 24.4 Å². The number of aryl methyl sites for hydroxylation is 1. The van der Waals surface area contributed by atoms with Crippen molar-refractivity contribution in [1.29, 1.82) is 0 Å². The summed E-state index contributed by atoms with van der Waals surface area (Å²) in [7, 11) is 0. The minimum atomic E-state index is -1.52. The van der Waals surface area contributed by atoms with Crippen LogP contribution in [0.5, 0.6) is 11.5 Å². The number of fused-ring (bicyclic) bond motifs is 1. The minimum Gasteiger partial charge on any atom is -0.449 e. The van der Waals surface area contributed by atoms with Crippen LogP contribution in [0.2, 0.25) is 0 Å². The van der Waals surface area contributed by atoms with Crippen molar-refractivity contribution in [3.63, 3.8) is 0 Å². The highest BCUT2D eigenvalue weighted by atomic mass is 16.7.